The summed E-state index contributed by atoms with van der Waals surface area (Å²) in [6.07, 6.45) is 3.42. The van der Waals surface area contributed by atoms with Crippen LogP contribution in [-0.2, 0) is 6.54 Å². The average Bonchev–Trinajstić information content (AvgIpc) is 2.30. The molecule has 0 aliphatic heterocycles. The summed E-state index contributed by atoms with van der Waals surface area (Å²) < 4.78 is 0. The Morgan fingerprint density at radius 3 is 2.93 bits per heavy atom. The molecular weight excluding hydrogens is 188 g/mol. The van der Waals surface area contributed by atoms with Gasteiger partial charge < -0.3 is 11.1 Å². The summed E-state index contributed by atoms with van der Waals surface area (Å²) in [5.74, 6) is 0. The average molecular weight is 202 g/mol. The zero-order valence-electron chi connectivity index (χ0n) is 8.48. The van der Waals surface area contributed by atoms with Crippen LogP contribution in [0.4, 0.5) is 0 Å². The number of nitrogens with zero attached hydrogens (tertiary/aromatic N) is 2. The quantitative estimate of drug-likeness (QED) is 0.715. The number of rotatable bonds is 4. The zero-order valence-corrected chi connectivity index (χ0v) is 8.48. The second-order valence-corrected chi connectivity index (χ2v) is 3.31. The van der Waals surface area contributed by atoms with E-state index in [1.54, 1.807) is 12.4 Å². The molecular formula is C11H14N4. The van der Waals surface area contributed by atoms with E-state index in [4.69, 9.17) is 5.73 Å². The van der Waals surface area contributed by atoms with E-state index in [2.05, 4.69) is 21.4 Å². The van der Waals surface area contributed by atoms with Crippen molar-refractivity contribution < 1.29 is 0 Å². The van der Waals surface area contributed by atoms with E-state index in [9.17, 15) is 0 Å². The molecule has 2 aromatic rings. The van der Waals surface area contributed by atoms with Crippen LogP contribution in [0, 0.1) is 0 Å². The largest absolute Gasteiger partial charge is 0.329 e. The van der Waals surface area contributed by atoms with Gasteiger partial charge in [0.2, 0.25) is 0 Å². The van der Waals surface area contributed by atoms with Crippen LogP contribution in [0.3, 0.4) is 0 Å². The topological polar surface area (TPSA) is 63.8 Å². The van der Waals surface area contributed by atoms with E-state index < -0.39 is 0 Å². The number of nitrogens with two attached hydrogens (primary N) is 1. The monoisotopic (exact) mass is 202 g/mol. The van der Waals surface area contributed by atoms with Crippen molar-refractivity contribution in [3.8, 4) is 0 Å². The lowest BCUT2D eigenvalue weighted by molar-refractivity contribution is 0.697. The number of hydrogen-bond acceptors (Lipinski definition) is 4. The first kappa shape index (κ1) is 10.0. The molecule has 0 radical (unpaired) electrons. The lowest BCUT2D eigenvalue weighted by atomic mass is 10.2. The first-order valence-corrected chi connectivity index (χ1v) is 5.01. The van der Waals surface area contributed by atoms with Crippen LogP contribution in [0.15, 0.2) is 30.6 Å². The molecule has 0 aliphatic carbocycles. The Bertz CT molecular complexity index is 436. The van der Waals surface area contributed by atoms with E-state index in [1.165, 1.54) is 0 Å². The Morgan fingerprint density at radius 2 is 2.07 bits per heavy atom. The number of nitrogens with one attached hydrogen (secondary N) is 1. The molecule has 15 heavy (non-hydrogen) atoms. The number of hydrogen-bond donors (Lipinski definition) is 2. The lowest BCUT2D eigenvalue weighted by Gasteiger charge is -2.05. The molecule has 0 amide bonds. The van der Waals surface area contributed by atoms with Crippen LogP contribution in [0.5, 0.6) is 0 Å². The third-order valence-electron chi connectivity index (χ3n) is 2.22. The first-order chi connectivity index (χ1) is 7.42. The van der Waals surface area contributed by atoms with Crippen LogP contribution < -0.4 is 11.1 Å². The Balaban J connectivity index is 2.26. The molecule has 1 heterocycles. The van der Waals surface area contributed by atoms with Crippen LogP contribution in [0.25, 0.3) is 11.0 Å². The van der Waals surface area contributed by atoms with Gasteiger partial charge in [-0.25, -0.2) is 0 Å². The number of fused-ring (bicyclic) bond motifs is 1. The molecule has 0 saturated carbocycles. The Labute approximate surface area is 88.5 Å². The van der Waals surface area contributed by atoms with Crippen molar-refractivity contribution in [2.24, 2.45) is 5.73 Å². The van der Waals surface area contributed by atoms with Gasteiger partial charge in [0.15, 0.2) is 0 Å². The van der Waals surface area contributed by atoms with Crippen molar-refractivity contribution in [1.29, 1.82) is 0 Å². The third-order valence-corrected chi connectivity index (χ3v) is 2.22. The maximum atomic E-state index is 5.41. The second kappa shape index (κ2) is 4.82. The van der Waals surface area contributed by atoms with E-state index in [0.29, 0.717) is 6.54 Å². The molecule has 2 rings (SSSR count). The summed E-state index contributed by atoms with van der Waals surface area (Å²) in [5.41, 5.74) is 8.47. The maximum absolute atomic E-state index is 5.41. The molecule has 4 heteroatoms. The fraction of sp³-hybridized carbons (Fsp3) is 0.273. The highest BCUT2D eigenvalue weighted by Crippen LogP contribution is 2.12. The molecule has 1 aromatic carbocycles. The van der Waals surface area contributed by atoms with Crippen LogP contribution in [0.2, 0.25) is 0 Å². The van der Waals surface area contributed by atoms with Crippen LogP contribution in [-0.4, -0.2) is 23.1 Å². The Hall–Kier alpha value is -1.52. The van der Waals surface area contributed by atoms with E-state index in [1.807, 2.05) is 12.1 Å². The van der Waals surface area contributed by atoms with Gasteiger partial charge in [0.25, 0.3) is 0 Å². The highest BCUT2D eigenvalue weighted by Gasteiger charge is 2.01. The highest BCUT2D eigenvalue weighted by molar-refractivity contribution is 5.77. The maximum Gasteiger partial charge on any atom is 0.0931 e. The van der Waals surface area contributed by atoms with Crippen molar-refractivity contribution in [3.05, 3.63) is 36.2 Å². The molecule has 4 nitrogen and oxygen atoms in total. The molecule has 0 aliphatic rings. The Kier molecular flexibility index (Phi) is 3.22. The van der Waals surface area contributed by atoms with Crippen LogP contribution >= 0.6 is 0 Å². The first-order valence-electron chi connectivity index (χ1n) is 5.01. The normalized spacial score (nSPS) is 10.7. The molecule has 0 fully saturated rings. The second-order valence-electron chi connectivity index (χ2n) is 3.31. The molecule has 78 valence electrons. The van der Waals surface area contributed by atoms with Gasteiger partial charge in [-0.05, 0) is 11.6 Å². The molecule has 0 saturated heterocycles. The van der Waals surface area contributed by atoms with Crippen molar-refractivity contribution in [2.45, 2.75) is 6.54 Å². The fourth-order valence-corrected chi connectivity index (χ4v) is 1.52. The molecule has 0 unspecified atom stereocenters. The van der Waals surface area contributed by atoms with Crippen molar-refractivity contribution in [2.75, 3.05) is 13.1 Å². The predicted octanol–water partition coefficient (Wildman–Crippen LogP) is 0.678. The zero-order chi connectivity index (χ0) is 10.5. The number of aromatic nitrogens is 2. The number of para-hydroxylation sites is 1. The molecule has 3 N–H and O–H groups in total. The van der Waals surface area contributed by atoms with Crippen molar-refractivity contribution in [1.82, 2.24) is 15.3 Å². The SMILES string of the molecule is NCCNCc1cccc2nccnc12. The highest BCUT2D eigenvalue weighted by atomic mass is 14.9. The molecule has 0 atom stereocenters. The van der Waals surface area contributed by atoms with Gasteiger partial charge in [0.1, 0.15) is 0 Å². The Morgan fingerprint density at radius 1 is 1.20 bits per heavy atom. The summed E-state index contributed by atoms with van der Waals surface area (Å²) in [6, 6.07) is 6.02. The minimum absolute atomic E-state index is 0.649. The van der Waals surface area contributed by atoms with E-state index in [-0.39, 0.29) is 0 Å². The smallest absolute Gasteiger partial charge is 0.0931 e. The number of benzene rings is 1. The molecule has 0 bridgehead atoms. The van der Waals surface area contributed by atoms with Crippen molar-refractivity contribution >= 4 is 11.0 Å². The summed E-state index contributed by atoms with van der Waals surface area (Å²) in [4.78, 5) is 8.58. The molecule has 0 spiro atoms. The summed E-state index contributed by atoms with van der Waals surface area (Å²) in [6.45, 7) is 2.25. The van der Waals surface area contributed by atoms with Gasteiger partial charge in [-0.1, -0.05) is 12.1 Å². The van der Waals surface area contributed by atoms with Crippen molar-refractivity contribution in [3.63, 3.8) is 0 Å². The third kappa shape index (κ3) is 2.29. The van der Waals surface area contributed by atoms with Gasteiger partial charge in [0.05, 0.1) is 11.0 Å². The molecule has 1 aromatic heterocycles. The lowest BCUT2D eigenvalue weighted by Crippen LogP contribution is -2.22. The van der Waals surface area contributed by atoms with Gasteiger partial charge in [0, 0.05) is 32.0 Å². The minimum atomic E-state index is 0.649. The summed E-state index contributed by atoms with van der Waals surface area (Å²) >= 11 is 0. The standard InChI is InChI=1S/C11H14N4/c12-4-5-13-8-9-2-1-3-10-11(9)15-7-6-14-10/h1-3,6-7,13H,4-5,8,12H2. The van der Waals surface area contributed by atoms with Gasteiger partial charge in [-0.3, -0.25) is 9.97 Å². The van der Waals surface area contributed by atoms with Gasteiger partial charge in [-0.15, -0.1) is 0 Å². The predicted molar refractivity (Wildman–Crippen MR) is 60.3 cm³/mol. The summed E-state index contributed by atoms with van der Waals surface area (Å²) in [5, 5.41) is 3.25. The fourth-order valence-electron chi connectivity index (χ4n) is 1.52. The van der Waals surface area contributed by atoms with E-state index in [0.717, 1.165) is 29.7 Å². The minimum Gasteiger partial charge on any atom is -0.329 e. The summed E-state index contributed by atoms with van der Waals surface area (Å²) in [7, 11) is 0. The van der Waals surface area contributed by atoms with Crippen LogP contribution in [0.1, 0.15) is 5.56 Å². The van der Waals surface area contributed by atoms with E-state index >= 15 is 0 Å². The van der Waals surface area contributed by atoms with Gasteiger partial charge >= 0.3 is 0 Å². The van der Waals surface area contributed by atoms with Gasteiger partial charge in [-0.2, -0.15) is 0 Å².